The second-order valence-corrected chi connectivity index (χ2v) is 5.84. The van der Waals surface area contributed by atoms with Gasteiger partial charge in [0.15, 0.2) is 0 Å². The number of hydrogen-bond acceptors (Lipinski definition) is 1. The summed E-state index contributed by atoms with van der Waals surface area (Å²) in [5.74, 6) is 0.361. The number of aromatic nitrogens is 2. The van der Waals surface area contributed by atoms with Gasteiger partial charge in [0.1, 0.15) is 0 Å². The van der Waals surface area contributed by atoms with Gasteiger partial charge in [0.05, 0.1) is 11.1 Å². The highest BCUT2D eigenvalue weighted by atomic mass is 35.5. The first-order chi connectivity index (χ1) is 9.08. The van der Waals surface area contributed by atoms with Crippen LogP contribution in [0.25, 0.3) is 0 Å². The van der Waals surface area contributed by atoms with Gasteiger partial charge in [-0.2, -0.15) is 5.10 Å². The van der Waals surface area contributed by atoms with Crippen LogP contribution in [0.2, 0.25) is 0 Å². The summed E-state index contributed by atoms with van der Waals surface area (Å²) >= 11 is 6.54. The summed E-state index contributed by atoms with van der Waals surface area (Å²) in [6.45, 7) is 6.45. The Morgan fingerprint density at radius 3 is 2.37 bits per heavy atom. The quantitative estimate of drug-likeness (QED) is 0.729. The molecule has 2 aromatic rings. The molecule has 2 unspecified atom stereocenters. The summed E-state index contributed by atoms with van der Waals surface area (Å²) in [7, 11) is 0. The van der Waals surface area contributed by atoms with Crippen LogP contribution in [-0.4, -0.2) is 9.78 Å². The molecule has 2 atom stereocenters. The van der Waals surface area contributed by atoms with Gasteiger partial charge in [0.25, 0.3) is 0 Å². The van der Waals surface area contributed by atoms with E-state index in [2.05, 4.69) is 44.1 Å². The number of rotatable bonds is 5. The Morgan fingerprint density at radius 1 is 1.11 bits per heavy atom. The van der Waals surface area contributed by atoms with Gasteiger partial charge in [-0.25, -0.2) is 0 Å². The van der Waals surface area contributed by atoms with E-state index in [9.17, 15) is 0 Å². The lowest BCUT2D eigenvalue weighted by Crippen LogP contribution is -2.09. The molecule has 0 N–H and O–H groups in total. The first-order valence-corrected chi connectivity index (χ1v) is 7.24. The maximum absolute atomic E-state index is 6.54. The molecule has 0 fully saturated rings. The summed E-state index contributed by atoms with van der Waals surface area (Å²) in [6.07, 6.45) is 2.95. The first kappa shape index (κ1) is 14.1. The highest BCUT2D eigenvalue weighted by molar-refractivity contribution is 6.21. The molecule has 102 valence electrons. The zero-order valence-corrected chi connectivity index (χ0v) is 12.5. The molecule has 0 bridgehead atoms. The minimum atomic E-state index is 0.0328. The standard InChI is InChI=1S/C16H21ClN2/c1-12(2)19-10-9-15(18-19)11-13(3)16(17)14-7-5-4-6-8-14/h4-10,12-13,16H,11H2,1-3H3. The maximum Gasteiger partial charge on any atom is 0.0628 e. The van der Waals surface area contributed by atoms with Crippen LogP contribution >= 0.6 is 11.6 Å². The van der Waals surface area contributed by atoms with Gasteiger partial charge >= 0.3 is 0 Å². The van der Waals surface area contributed by atoms with Crippen LogP contribution in [0.5, 0.6) is 0 Å². The molecule has 2 nitrogen and oxygen atoms in total. The smallest absolute Gasteiger partial charge is 0.0628 e. The van der Waals surface area contributed by atoms with E-state index in [0.29, 0.717) is 12.0 Å². The van der Waals surface area contributed by atoms with Gasteiger partial charge < -0.3 is 0 Å². The van der Waals surface area contributed by atoms with Crippen LogP contribution in [0.4, 0.5) is 0 Å². The van der Waals surface area contributed by atoms with E-state index < -0.39 is 0 Å². The second kappa shape index (κ2) is 6.25. The third-order valence-electron chi connectivity index (χ3n) is 3.34. The Bertz CT molecular complexity index is 504. The fourth-order valence-corrected chi connectivity index (χ4v) is 2.41. The van der Waals surface area contributed by atoms with Crippen molar-refractivity contribution in [2.24, 2.45) is 5.92 Å². The van der Waals surface area contributed by atoms with Crippen molar-refractivity contribution in [3.63, 3.8) is 0 Å². The Kier molecular flexibility index (Phi) is 4.65. The Labute approximate surface area is 120 Å². The number of hydrogen-bond donors (Lipinski definition) is 0. The van der Waals surface area contributed by atoms with Crippen LogP contribution in [-0.2, 0) is 6.42 Å². The third-order valence-corrected chi connectivity index (χ3v) is 4.02. The van der Waals surface area contributed by atoms with Crippen LogP contribution in [0.15, 0.2) is 42.6 Å². The predicted molar refractivity (Wildman–Crippen MR) is 80.5 cm³/mol. The predicted octanol–water partition coefficient (Wildman–Crippen LogP) is 4.62. The normalized spacial score (nSPS) is 14.6. The summed E-state index contributed by atoms with van der Waals surface area (Å²) in [6, 6.07) is 12.7. The molecule has 0 radical (unpaired) electrons. The van der Waals surface area contributed by atoms with Gasteiger partial charge in [0.2, 0.25) is 0 Å². The molecule has 0 amide bonds. The first-order valence-electron chi connectivity index (χ1n) is 6.81. The Hall–Kier alpha value is -1.28. The third kappa shape index (κ3) is 3.60. The minimum Gasteiger partial charge on any atom is -0.270 e. The molecule has 0 aliphatic heterocycles. The zero-order chi connectivity index (χ0) is 13.8. The van der Waals surface area contributed by atoms with Crippen molar-refractivity contribution >= 4 is 11.6 Å². The van der Waals surface area contributed by atoms with Crippen molar-refractivity contribution in [2.45, 2.75) is 38.6 Å². The van der Waals surface area contributed by atoms with E-state index in [4.69, 9.17) is 11.6 Å². The molecule has 1 aromatic heterocycles. The second-order valence-electron chi connectivity index (χ2n) is 5.37. The molecular weight excluding hydrogens is 256 g/mol. The molecule has 19 heavy (non-hydrogen) atoms. The SMILES string of the molecule is CC(Cc1ccn(C(C)C)n1)C(Cl)c1ccccc1. The molecule has 0 spiro atoms. The number of halogens is 1. The fourth-order valence-electron chi connectivity index (χ4n) is 2.17. The van der Waals surface area contributed by atoms with Crippen molar-refractivity contribution in [3.8, 4) is 0 Å². The van der Waals surface area contributed by atoms with Gasteiger partial charge in [-0.15, -0.1) is 11.6 Å². The van der Waals surface area contributed by atoms with E-state index in [-0.39, 0.29) is 5.38 Å². The monoisotopic (exact) mass is 276 g/mol. The molecule has 0 aliphatic rings. The average Bonchev–Trinajstić information content (AvgIpc) is 2.87. The van der Waals surface area contributed by atoms with Crippen LogP contribution < -0.4 is 0 Å². The van der Waals surface area contributed by atoms with Gasteiger partial charge in [-0.3, -0.25) is 4.68 Å². The molecule has 1 aromatic carbocycles. The largest absolute Gasteiger partial charge is 0.270 e. The number of benzene rings is 1. The van der Waals surface area contributed by atoms with E-state index in [0.717, 1.165) is 12.1 Å². The lowest BCUT2D eigenvalue weighted by Gasteiger charge is -2.17. The molecular formula is C16H21ClN2. The van der Waals surface area contributed by atoms with Gasteiger partial charge in [0, 0.05) is 12.2 Å². The topological polar surface area (TPSA) is 17.8 Å². The molecule has 0 aliphatic carbocycles. The van der Waals surface area contributed by atoms with Crippen molar-refractivity contribution in [2.75, 3.05) is 0 Å². The lowest BCUT2D eigenvalue weighted by molar-refractivity contribution is 0.506. The van der Waals surface area contributed by atoms with Crippen molar-refractivity contribution in [1.29, 1.82) is 0 Å². The Balaban J connectivity index is 2.02. The van der Waals surface area contributed by atoms with E-state index in [1.807, 2.05) is 29.1 Å². The highest BCUT2D eigenvalue weighted by Gasteiger charge is 2.18. The summed E-state index contributed by atoms with van der Waals surface area (Å²) in [4.78, 5) is 0. The van der Waals surface area contributed by atoms with Gasteiger partial charge in [-0.1, -0.05) is 37.3 Å². The number of nitrogens with zero attached hydrogens (tertiary/aromatic N) is 2. The molecule has 1 heterocycles. The van der Waals surface area contributed by atoms with Crippen molar-refractivity contribution in [3.05, 3.63) is 53.9 Å². The molecule has 0 saturated heterocycles. The van der Waals surface area contributed by atoms with Crippen LogP contribution in [0.1, 0.15) is 43.4 Å². The highest BCUT2D eigenvalue weighted by Crippen LogP contribution is 2.30. The van der Waals surface area contributed by atoms with Crippen LogP contribution in [0.3, 0.4) is 0 Å². The van der Waals surface area contributed by atoms with E-state index in [1.165, 1.54) is 5.56 Å². The maximum atomic E-state index is 6.54. The average molecular weight is 277 g/mol. The van der Waals surface area contributed by atoms with Crippen molar-refractivity contribution < 1.29 is 0 Å². The lowest BCUT2D eigenvalue weighted by atomic mass is 9.96. The number of alkyl halides is 1. The van der Waals surface area contributed by atoms with Crippen LogP contribution in [0, 0.1) is 5.92 Å². The van der Waals surface area contributed by atoms with E-state index in [1.54, 1.807) is 0 Å². The summed E-state index contributed by atoms with van der Waals surface area (Å²) in [5.41, 5.74) is 2.29. The summed E-state index contributed by atoms with van der Waals surface area (Å²) < 4.78 is 1.99. The van der Waals surface area contributed by atoms with E-state index >= 15 is 0 Å². The molecule has 0 saturated carbocycles. The van der Waals surface area contributed by atoms with Crippen molar-refractivity contribution in [1.82, 2.24) is 9.78 Å². The molecule has 3 heteroatoms. The zero-order valence-electron chi connectivity index (χ0n) is 11.8. The molecule has 2 rings (SSSR count). The summed E-state index contributed by atoms with van der Waals surface area (Å²) in [5, 5.41) is 4.62. The van der Waals surface area contributed by atoms with Gasteiger partial charge in [-0.05, 0) is 37.8 Å². The fraction of sp³-hybridized carbons (Fsp3) is 0.438. The minimum absolute atomic E-state index is 0.0328. The Morgan fingerprint density at radius 2 is 1.79 bits per heavy atom.